The first-order chi connectivity index (χ1) is 13.7. The highest BCUT2D eigenvalue weighted by molar-refractivity contribution is 7.99. The molecule has 1 aliphatic rings. The maximum Gasteiger partial charge on any atom is 0.268 e. The largest absolute Gasteiger partial charge is 0.268 e. The fourth-order valence-electron chi connectivity index (χ4n) is 3.78. The fraction of sp³-hybridized carbons (Fsp3) is 0.444. The van der Waals surface area contributed by atoms with E-state index in [1.54, 1.807) is 16.9 Å². The minimum atomic E-state index is -0.217. The Morgan fingerprint density at radius 2 is 2.11 bits per heavy atom. The first-order valence-electron chi connectivity index (χ1n) is 9.57. The molecule has 0 saturated heterocycles. The number of hydrogen-bond acceptors (Lipinski definition) is 7. The Morgan fingerprint density at radius 1 is 1.25 bits per heavy atom. The second kappa shape index (κ2) is 7.01. The third-order valence-corrected chi connectivity index (χ3v) is 5.90. The molecule has 1 N–H and O–H groups in total. The van der Waals surface area contributed by atoms with E-state index in [2.05, 4.69) is 25.1 Å². The summed E-state index contributed by atoms with van der Waals surface area (Å²) in [5.41, 5.74) is 0.481. The van der Waals surface area contributed by atoms with Crippen LogP contribution in [0.15, 0.2) is 28.4 Å². The summed E-state index contributed by atoms with van der Waals surface area (Å²) in [4.78, 5) is 26.4. The second-order valence-electron chi connectivity index (χ2n) is 6.94. The van der Waals surface area contributed by atoms with Crippen LogP contribution < -0.4 is 5.56 Å². The summed E-state index contributed by atoms with van der Waals surface area (Å²) in [7, 11) is 0. The summed E-state index contributed by atoms with van der Waals surface area (Å²) >= 11 is 1.51. The van der Waals surface area contributed by atoms with E-state index in [0.717, 1.165) is 24.4 Å². The van der Waals surface area contributed by atoms with Gasteiger partial charge >= 0.3 is 0 Å². The van der Waals surface area contributed by atoms with Gasteiger partial charge in [-0.05, 0) is 24.7 Å². The van der Waals surface area contributed by atoms with Gasteiger partial charge in [-0.15, -0.1) is 10.2 Å². The van der Waals surface area contributed by atoms with E-state index in [1.807, 2.05) is 13.0 Å². The summed E-state index contributed by atoms with van der Waals surface area (Å²) in [5, 5.41) is 12.7. The number of nitrogens with one attached hydrogen (secondary N) is 1. The number of pyridine rings is 1. The second-order valence-corrected chi connectivity index (χ2v) is 8.17. The van der Waals surface area contributed by atoms with Gasteiger partial charge < -0.3 is 0 Å². The van der Waals surface area contributed by atoms with Crippen LogP contribution in [0.25, 0.3) is 22.6 Å². The van der Waals surface area contributed by atoms with Crippen molar-refractivity contribution in [2.45, 2.75) is 50.1 Å². The summed E-state index contributed by atoms with van der Waals surface area (Å²) in [6, 6.07) is 1.85. The van der Waals surface area contributed by atoms with Crippen molar-refractivity contribution in [1.82, 2.24) is 39.3 Å². The number of thioether (sulfide) groups is 1. The lowest BCUT2D eigenvalue weighted by Crippen LogP contribution is -2.20. The maximum atomic E-state index is 13.0. The van der Waals surface area contributed by atoms with Crippen molar-refractivity contribution in [3.05, 3.63) is 34.6 Å². The minimum absolute atomic E-state index is 0.217. The summed E-state index contributed by atoms with van der Waals surface area (Å²) in [6.45, 7) is 2.03. The van der Waals surface area contributed by atoms with Crippen LogP contribution in [0.3, 0.4) is 0 Å². The Hall–Kier alpha value is -2.75. The Kier molecular flexibility index (Phi) is 4.34. The molecular formula is C18H20N8OS. The highest BCUT2D eigenvalue weighted by atomic mass is 32.2. The van der Waals surface area contributed by atoms with Gasteiger partial charge in [0.15, 0.2) is 5.82 Å². The molecule has 1 fully saturated rings. The van der Waals surface area contributed by atoms with E-state index in [0.29, 0.717) is 33.7 Å². The van der Waals surface area contributed by atoms with Crippen molar-refractivity contribution in [2.75, 3.05) is 5.75 Å². The SMILES string of the molecule is CCSc1n[nH]c(-n2ccc3c(cnc4nc(C5CCCCC5)nn43)c2=O)n1. The molecule has 1 aliphatic carbocycles. The normalized spacial score (nSPS) is 15.6. The van der Waals surface area contributed by atoms with Gasteiger partial charge in [0.1, 0.15) is 0 Å². The number of H-pyrrole nitrogens is 1. The van der Waals surface area contributed by atoms with E-state index in [1.165, 1.54) is 35.6 Å². The summed E-state index contributed by atoms with van der Waals surface area (Å²) < 4.78 is 3.13. The molecule has 10 heteroatoms. The highest BCUT2D eigenvalue weighted by Crippen LogP contribution is 2.31. The van der Waals surface area contributed by atoms with Gasteiger partial charge in [0.05, 0.1) is 10.9 Å². The fourth-order valence-corrected chi connectivity index (χ4v) is 4.29. The average Bonchev–Trinajstić information content (AvgIpc) is 3.36. The smallest absolute Gasteiger partial charge is 0.268 e. The average molecular weight is 396 g/mol. The molecule has 0 unspecified atom stereocenters. The van der Waals surface area contributed by atoms with Gasteiger partial charge in [0.2, 0.25) is 11.1 Å². The molecule has 0 amide bonds. The first-order valence-corrected chi connectivity index (χ1v) is 10.6. The summed E-state index contributed by atoms with van der Waals surface area (Å²) in [5.74, 6) is 3.01. The van der Waals surface area contributed by atoms with E-state index in [-0.39, 0.29) is 5.56 Å². The van der Waals surface area contributed by atoms with Crippen molar-refractivity contribution in [2.24, 2.45) is 0 Å². The van der Waals surface area contributed by atoms with Crippen molar-refractivity contribution >= 4 is 28.4 Å². The predicted octanol–water partition coefficient (Wildman–Crippen LogP) is 2.71. The lowest BCUT2D eigenvalue weighted by Gasteiger charge is -2.17. The van der Waals surface area contributed by atoms with E-state index < -0.39 is 0 Å². The lowest BCUT2D eigenvalue weighted by molar-refractivity contribution is 0.429. The van der Waals surface area contributed by atoms with E-state index in [4.69, 9.17) is 5.10 Å². The van der Waals surface area contributed by atoms with Gasteiger partial charge in [0.25, 0.3) is 11.3 Å². The monoisotopic (exact) mass is 396 g/mol. The number of rotatable bonds is 4. The molecule has 5 rings (SSSR count). The van der Waals surface area contributed by atoms with Crippen LogP contribution in [0.4, 0.5) is 0 Å². The van der Waals surface area contributed by atoms with Gasteiger partial charge in [-0.3, -0.25) is 9.36 Å². The van der Waals surface area contributed by atoms with Crippen LogP contribution in [0, 0.1) is 0 Å². The zero-order valence-corrected chi connectivity index (χ0v) is 16.3. The molecule has 1 saturated carbocycles. The van der Waals surface area contributed by atoms with Crippen LogP contribution in [-0.2, 0) is 0 Å². The molecule has 144 valence electrons. The standard InChI is InChI=1S/C18H20N8OS/c1-2-28-18-21-17(22-23-18)25-9-8-13-12(15(25)27)10-19-16-20-14(24-26(13)16)11-6-4-3-5-7-11/h8-11H,2-7H2,1H3,(H,21,22,23). The zero-order valence-electron chi connectivity index (χ0n) is 15.5. The van der Waals surface area contributed by atoms with Crippen molar-refractivity contribution in [1.29, 1.82) is 0 Å². The number of hydrogen-bond donors (Lipinski definition) is 1. The molecule has 0 atom stereocenters. The molecule has 28 heavy (non-hydrogen) atoms. The third-order valence-electron chi connectivity index (χ3n) is 5.18. The zero-order chi connectivity index (χ0) is 19.1. The minimum Gasteiger partial charge on any atom is -0.268 e. The molecule has 9 nitrogen and oxygen atoms in total. The topological polar surface area (TPSA) is 107 Å². The number of fused-ring (bicyclic) bond motifs is 3. The third kappa shape index (κ3) is 2.88. The Labute approximate surface area is 164 Å². The van der Waals surface area contributed by atoms with Crippen LogP contribution in [0.2, 0.25) is 0 Å². The Bertz CT molecular complexity index is 1200. The Morgan fingerprint density at radius 3 is 2.93 bits per heavy atom. The van der Waals surface area contributed by atoms with Crippen LogP contribution in [0.1, 0.15) is 50.8 Å². The van der Waals surface area contributed by atoms with Gasteiger partial charge in [-0.1, -0.05) is 37.9 Å². The molecule has 0 bridgehead atoms. The Balaban J connectivity index is 1.60. The molecule has 0 spiro atoms. The lowest BCUT2D eigenvalue weighted by atomic mass is 9.89. The molecule has 0 aliphatic heterocycles. The maximum absolute atomic E-state index is 13.0. The molecule has 0 aromatic carbocycles. The van der Waals surface area contributed by atoms with Crippen molar-refractivity contribution in [3.63, 3.8) is 0 Å². The molecular weight excluding hydrogens is 376 g/mol. The van der Waals surface area contributed by atoms with Gasteiger partial charge in [-0.25, -0.2) is 10.1 Å². The van der Waals surface area contributed by atoms with Crippen molar-refractivity contribution in [3.8, 4) is 5.95 Å². The van der Waals surface area contributed by atoms with Crippen LogP contribution in [0.5, 0.6) is 0 Å². The number of nitrogens with zero attached hydrogens (tertiary/aromatic N) is 7. The predicted molar refractivity (Wildman–Crippen MR) is 106 cm³/mol. The van der Waals surface area contributed by atoms with E-state index in [9.17, 15) is 4.79 Å². The number of aromatic amines is 1. The molecule has 4 aromatic rings. The molecule has 0 radical (unpaired) electrons. The highest BCUT2D eigenvalue weighted by Gasteiger charge is 2.21. The number of aromatic nitrogens is 8. The molecule has 4 heterocycles. The van der Waals surface area contributed by atoms with Crippen LogP contribution in [-0.4, -0.2) is 45.1 Å². The van der Waals surface area contributed by atoms with Gasteiger partial charge in [0, 0.05) is 18.3 Å². The van der Waals surface area contributed by atoms with Crippen LogP contribution >= 0.6 is 11.8 Å². The van der Waals surface area contributed by atoms with Crippen molar-refractivity contribution < 1.29 is 0 Å². The quantitative estimate of drug-likeness (QED) is 0.529. The van der Waals surface area contributed by atoms with E-state index >= 15 is 0 Å². The van der Waals surface area contributed by atoms with Gasteiger partial charge in [-0.2, -0.15) is 14.5 Å². The first kappa shape index (κ1) is 17.4. The summed E-state index contributed by atoms with van der Waals surface area (Å²) in [6.07, 6.45) is 9.21. The molecule has 4 aromatic heterocycles.